The van der Waals surface area contributed by atoms with Crippen molar-refractivity contribution in [2.24, 2.45) is 0 Å². The molecule has 8 nitrogen and oxygen atoms in total. The molecular weight excluding hydrogens is 593 g/mol. The number of nitrogens with zero attached hydrogens (tertiary/aromatic N) is 4. The van der Waals surface area contributed by atoms with Gasteiger partial charge in [0.15, 0.2) is 5.82 Å². The zero-order valence-electron chi connectivity index (χ0n) is 23.7. The van der Waals surface area contributed by atoms with Crippen molar-refractivity contribution in [3.05, 3.63) is 101 Å². The first-order valence-corrected chi connectivity index (χ1v) is 14.3. The molecule has 12 heteroatoms. The van der Waals surface area contributed by atoms with Gasteiger partial charge in [0, 0.05) is 56.1 Å². The Balaban J connectivity index is 1.24. The van der Waals surface area contributed by atoms with E-state index in [1.165, 1.54) is 24.3 Å². The third-order valence-electron chi connectivity index (χ3n) is 7.47. The normalized spacial score (nSPS) is 14.6. The minimum atomic E-state index is -4.62. The van der Waals surface area contributed by atoms with Gasteiger partial charge in [0.05, 0.1) is 21.8 Å². The van der Waals surface area contributed by atoms with Crippen LogP contribution in [0, 0.1) is 0 Å². The van der Waals surface area contributed by atoms with Crippen LogP contribution in [-0.4, -0.2) is 63.9 Å². The summed E-state index contributed by atoms with van der Waals surface area (Å²) in [5.41, 5.74) is 1.34. The number of carbonyl (C=O) groups excluding carboxylic acids is 1. The van der Waals surface area contributed by atoms with Crippen molar-refractivity contribution in [2.45, 2.75) is 12.7 Å². The third kappa shape index (κ3) is 6.54. The number of aromatic amines is 1. The molecule has 1 aliphatic rings. The number of hydrogen-bond acceptors (Lipinski definition) is 6. The van der Waals surface area contributed by atoms with Crippen molar-refractivity contribution >= 4 is 34.2 Å². The van der Waals surface area contributed by atoms with Crippen LogP contribution in [0.25, 0.3) is 22.4 Å². The fraction of sp³-hybridized carbons (Fsp3) is 0.219. The number of benzene rings is 3. The molecule has 0 aliphatic carbocycles. The third-order valence-corrected chi connectivity index (χ3v) is 7.80. The summed E-state index contributed by atoms with van der Waals surface area (Å²) in [6.07, 6.45) is -2.90. The number of likely N-dealkylation sites (N-methyl/N-ethyl adjacent to an activating group) is 1. The van der Waals surface area contributed by atoms with Gasteiger partial charge in [-0.3, -0.25) is 9.69 Å². The number of anilines is 1. The van der Waals surface area contributed by atoms with Crippen molar-refractivity contribution in [3.63, 3.8) is 0 Å². The molecule has 3 aromatic carbocycles. The number of nitrogens with one attached hydrogen (secondary N) is 2. The van der Waals surface area contributed by atoms with Crippen LogP contribution >= 0.6 is 11.6 Å². The molecule has 1 amide bonds. The van der Waals surface area contributed by atoms with Crippen LogP contribution in [0.5, 0.6) is 11.6 Å². The number of amides is 1. The Morgan fingerprint density at radius 3 is 2.52 bits per heavy atom. The van der Waals surface area contributed by atoms with Crippen LogP contribution in [-0.2, 0) is 12.7 Å². The number of aromatic nitrogens is 3. The Hall–Kier alpha value is -4.45. The average Bonchev–Trinajstić information content (AvgIpc) is 3.49. The van der Waals surface area contributed by atoms with E-state index in [0.717, 1.165) is 24.7 Å². The molecular formula is C32H28ClF3N6O2. The zero-order chi connectivity index (χ0) is 30.8. The molecule has 0 saturated carbocycles. The van der Waals surface area contributed by atoms with Crippen molar-refractivity contribution in [2.75, 3.05) is 38.5 Å². The number of piperazine rings is 1. The highest BCUT2D eigenvalue weighted by Crippen LogP contribution is 2.35. The fourth-order valence-electron chi connectivity index (χ4n) is 5.04. The smallest absolute Gasteiger partial charge is 0.416 e. The maximum atomic E-state index is 14.1. The van der Waals surface area contributed by atoms with Crippen molar-refractivity contribution < 1.29 is 22.7 Å². The van der Waals surface area contributed by atoms with Gasteiger partial charge in [0.1, 0.15) is 11.3 Å². The predicted octanol–water partition coefficient (Wildman–Crippen LogP) is 7.09. The number of ether oxygens (including phenoxy) is 1. The lowest BCUT2D eigenvalue weighted by Gasteiger charge is -2.33. The minimum Gasteiger partial charge on any atom is -0.437 e. The molecule has 1 aliphatic heterocycles. The van der Waals surface area contributed by atoms with Gasteiger partial charge in [-0.1, -0.05) is 48.0 Å². The van der Waals surface area contributed by atoms with E-state index in [-0.39, 0.29) is 34.3 Å². The summed E-state index contributed by atoms with van der Waals surface area (Å²) in [5, 5.41) is 2.82. The summed E-state index contributed by atoms with van der Waals surface area (Å²) in [7, 11) is 1.98. The molecule has 1 saturated heterocycles. The largest absolute Gasteiger partial charge is 0.437 e. The second-order valence-corrected chi connectivity index (χ2v) is 11.0. The molecule has 2 N–H and O–H groups in total. The highest BCUT2D eigenvalue weighted by molar-refractivity contribution is 6.34. The van der Waals surface area contributed by atoms with Crippen LogP contribution < -0.4 is 10.1 Å². The number of fused-ring (bicyclic) bond motifs is 1. The van der Waals surface area contributed by atoms with Crippen LogP contribution in [0.15, 0.2) is 79.0 Å². The molecule has 0 spiro atoms. The number of hydrogen-bond donors (Lipinski definition) is 2. The topological polar surface area (TPSA) is 86.4 Å². The van der Waals surface area contributed by atoms with Gasteiger partial charge < -0.3 is 19.9 Å². The van der Waals surface area contributed by atoms with Crippen LogP contribution in [0.3, 0.4) is 0 Å². The van der Waals surface area contributed by atoms with Crippen LogP contribution in [0.2, 0.25) is 5.02 Å². The molecule has 3 heterocycles. The van der Waals surface area contributed by atoms with Gasteiger partial charge in [-0.05, 0) is 42.9 Å². The van der Waals surface area contributed by atoms with E-state index < -0.39 is 17.6 Å². The first-order chi connectivity index (χ1) is 21.1. The molecule has 226 valence electrons. The van der Waals surface area contributed by atoms with Gasteiger partial charge in [-0.25, -0.2) is 4.98 Å². The van der Waals surface area contributed by atoms with Crippen molar-refractivity contribution in [3.8, 4) is 23.0 Å². The molecule has 2 aromatic heterocycles. The van der Waals surface area contributed by atoms with Crippen LogP contribution in [0.1, 0.15) is 21.5 Å². The van der Waals surface area contributed by atoms with Gasteiger partial charge >= 0.3 is 6.18 Å². The Bertz CT molecular complexity index is 1800. The number of H-pyrrole nitrogens is 1. The number of rotatable bonds is 7. The quantitative estimate of drug-likeness (QED) is 0.202. The average molecular weight is 621 g/mol. The molecule has 6 rings (SSSR count). The van der Waals surface area contributed by atoms with Crippen LogP contribution in [0.4, 0.5) is 18.9 Å². The Kier molecular flexibility index (Phi) is 8.26. The molecule has 0 atom stereocenters. The Morgan fingerprint density at radius 1 is 1.00 bits per heavy atom. The number of carbonyl (C=O) groups is 1. The second kappa shape index (κ2) is 12.3. The molecule has 5 aromatic rings. The summed E-state index contributed by atoms with van der Waals surface area (Å²) in [6.45, 7) is 3.06. The van der Waals surface area contributed by atoms with Gasteiger partial charge in [0.25, 0.3) is 5.91 Å². The highest BCUT2D eigenvalue weighted by Gasteiger charge is 2.34. The number of alkyl halides is 3. The van der Waals surface area contributed by atoms with E-state index in [2.05, 4.69) is 25.2 Å². The predicted molar refractivity (Wildman–Crippen MR) is 163 cm³/mol. The number of halogens is 4. The molecule has 0 unspecified atom stereocenters. The van der Waals surface area contributed by atoms with Crippen molar-refractivity contribution in [1.82, 2.24) is 24.8 Å². The van der Waals surface area contributed by atoms with Gasteiger partial charge in [-0.2, -0.15) is 18.2 Å². The van der Waals surface area contributed by atoms with E-state index in [9.17, 15) is 18.0 Å². The molecule has 0 bridgehead atoms. The second-order valence-electron chi connectivity index (χ2n) is 10.6. The van der Waals surface area contributed by atoms with E-state index in [0.29, 0.717) is 35.7 Å². The first-order valence-electron chi connectivity index (χ1n) is 13.9. The van der Waals surface area contributed by atoms with E-state index in [1.54, 1.807) is 18.3 Å². The summed E-state index contributed by atoms with van der Waals surface area (Å²) >= 11 is 6.37. The SMILES string of the molecule is CN1CCN(Cc2ccc(C(=O)Nc3cc(Oc4nc(-c5ccccc5)nc5cc[nH]c45)ccc3Cl)cc2C(F)(F)F)CC1. The summed E-state index contributed by atoms with van der Waals surface area (Å²) < 4.78 is 48.3. The Labute approximate surface area is 256 Å². The van der Waals surface area contributed by atoms with E-state index in [4.69, 9.17) is 16.3 Å². The van der Waals surface area contributed by atoms with Gasteiger partial charge in [-0.15, -0.1) is 0 Å². The standard InChI is InChI=1S/C32H28ClF3N6O2/c1-41-13-15-42(16-14-41)19-22-8-7-21(17-24(22)32(34,35)36)30(43)39-27-18-23(9-10-25(27)33)44-31-28-26(11-12-37-28)38-29(40-31)20-5-3-2-4-6-20/h2-12,17-18,37H,13-16,19H2,1H3,(H,39,43). The summed E-state index contributed by atoms with van der Waals surface area (Å²) in [4.78, 5) is 29.5. The lowest BCUT2D eigenvalue weighted by molar-refractivity contribution is -0.138. The zero-order valence-corrected chi connectivity index (χ0v) is 24.4. The first kappa shape index (κ1) is 29.6. The molecule has 44 heavy (non-hydrogen) atoms. The van der Waals surface area contributed by atoms with Crippen molar-refractivity contribution in [1.29, 1.82) is 0 Å². The summed E-state index contributed by atoms with van der Waals surface area (Å²) in [5.74, 6) is 0.286. The highest BCUT2D eigenvalue weighted by atomic mass is 35.5. The fourth-order valence-corrected chi connectivity index (χ4v) is 5.21. The lowest BCUT2D eigenvalue weighted by atomic mass is 10.0. The molecule has 0 radical (unpaired) electrons. The lowest BCUT2D eigenvalue weighted by Crippen LogP contribution is -2.44. The Morgan fingerprint density at radius 2 is 1.77 bits per heavy atom. The van der Waals surface area contributed by atoms with Gasteiger partial charge in [0.2, 0.25) is 5.88 Å². The monoisotopic (exact) mass is 620 g/mol. The summed E-state index contributed by atoms with van der Waals surface area (Å²) in [6, 6.07) is 19.5. The van der Waals surface area contributed by atoms with E-state index in [1.807, 2.05) is 42.3 Å². The van der Waals surface area contributed by atoms with E-state index >= 15 is 0 Å². The maximum absolute atomic E-state index is 14.1. The molecule has 1 fully saturated rings. The minimum absolute atomic E-state index is 0.127. The maximum Gasteiger partial charge on any atom is 0.416 e.